The lowest BCUT2D eigenvalue weighted by Gasteiger charge is -2.10. The van der Waals surface area contributed by atoms with Crippen molar-refractivity contribution in [3.8, 4) is 6.07 Å². The lowest BCUT2D eigenvalue weighted by Crippen LogP contribution is -2.13. The third-order valence-electron chi connectivity index (χ3n) is 2.54. The van der Waals surface area contributed by atoms with Gasteiger partial charge in [0.25, 0.3) is 10.0 Å². The van der Waals surface area contributed by atoms with Gasteiger partial charge in [-0.1, -0.05) is 34.8 Å². The second-order valence-electron chi connectivity index (χ2n) is 3.99. The first-order valence-corrected chi connectivity index (χ1v) is 8.13. The number of benzene rings is 2. The van der Waals surface area contributed by atoms with Gasteiger partial charge in [0.15, 0.2) is 0 Å². The standard InChI is InChI=1S/C13H7Cl3N2O2S/c14-10-3-2-9(6-11(10)15)21(19,20)18-13-4-1-8(7-17)5-12(13)16/h1-6,18H. The SMILES string of the molecule is N#Cc1ccc(NS(=O)(=O)c2ccc(Cl)c(Cl)c2)c(Cl)c1. The number of nitriles is 1. The van der Waals surface area contributed by atoms with Crippen LogP contribution in [0.1, 0.15) is 5.56 Å². The van der Waals surface area contributed by atoms with Gasteiger partial charge in [-0.2, -0.15) is 5.26 Å². The molecule has 0 saturated heterocycles. The Morgan fingerprint density at radius 2 is 1.67 bits per heavy atom. The van der Waals surface area contributed by atoms with Crippen molar-refractivity contribution in [2.45, 2.75) is 4.90 Å². The van der Waals surface area contributed by atoms with Crippen LogP contribution in [-0.4, -0.2) is 8.42 Å². The number of rotatable bonds is 3. The summed E-state index contributed by atoms with van der Waals surface area (Å²) < 4.78 is 26.8. The average Bonchev–Trinajstić information content (AvgIpc) is 2.43. The maximum atomic E-state index is 12.2. The zero-order valence-electron chi connectivity index (χ0n) is 10.3. The fourth-order valence-electron chi connectivity index (χ4n) is 1.52. The molecule has 0 aliphatic heterocycles. The molecule has 21 heavy (non-hydrogen) atoms. The fraction of sp³-hybridized carbons (Fsp3) is 0. The summed E-state index contributed by atoms with van der Waals surface area (Å²) in [5, 5.41) is 9.25. The number of halogens is 3. The van der Waals surface area contributed by atoms with Gasteiger partial charge in [0, 0.05) is 0 Å². The molecular formula is C13H7Cl3N2O2S. The van der Waals surface area contributed by atoms with Crippen molar-refractivity contribution < 1.29 is 8.42 Å². The molecule has 0 aromatic heterocycles. The molecule has 2 aromatic carbocycles. The van der Waals surface area contributed by atoms with E-state index in [1.807, 2.05) is 6.07 Å². The Bertz CT molecular complexity index is 845. The van der Waals surface area contributed by atoms with Gasteiger partial charge in [-0.25, -0.2) is 8.42 Å². The second kappa shape index (κ2) is 6.12. The normalized spacial score (nSPS) is 11.0. The van der Waals surface area contributed by atoms with Crippen LogP contribution in [0.25, 0.3) is 0 Å². The van der Waals surface area contributed by atoms with Gasteiger partial charge >= 0.3 is 0 Å². The van der Waals surface area contributed by atoms with Crippen LogP contribution in [0.4, 0.5) is 5.69 Å². The van der Waals surface area contributed by atoms with Crippen molar-refractivity contribution in [2.24, 2.45) is 0 Å². The summed E-state index contributed by atoms with van der Waals surface area (Å²) in [5.41, 5.74) is 0.499. The van der Waals surface area contributed by atoms with Crippen molar-refractivity contribution in [3.63, 3.8) is 0 Å². The van der Waals surface area contributed by atoms with Crippen LogP contribution in [0.2, 0.25) is 15.1 Å². The van der Waals surface area contributed by atoms with E-state index in [9.17, 15) is 8.42 Å². The molecule has 0 aliphatic rings. The maximum Gasteiger partial charge on any atom is 0.261 e. The summed E-state index contributed by atoms with van der Waals surface area (Å²) in [4.78, 5) is -0.0441. The van der Waals surface area contributed by atoms with Crippen molar-refractivity contribution in [1.82, 2.24) is 0 Å². The van der Waals surface area contributed by atoms with Gasteiger partial charge in [0.1, 0.15) is 0 Å². The Balaban J connectivity index is 2.37. The number of hydrogen-bond acceptors (Lipinski definition) is 3. The van der Waals surface area contributed by atoms with Crippen molar-refractivity contribution in [3.05, 3.63) is 57.0 Å². The van der Waals surface area contributed by atoms with Gasteiger partial charge in [0.05, 0.1) is 37.3 Å². The Hall–Kier alpha value is -1.45. The van der Waals surface area contributed by atoms with Crippen LogP contribution < -0.4 is 4.72 Å². The third kappa shape index (κ3) is 3.60. The van der Waals surface area contributed by atoms with Crippen LogP contribution >= 0.6 is 34.8 Å². The predicted octanol–water partition coefficient (Wildman–Crippen LogP) is 4.32. The molecule has 0 atom stereocenters. The molecule has 0 heterocycles. The monoisotopic (exact) mass is 360 g/mol. The zero-order chi connectivity index (χ0) is 15.6. The minimum absolute atomic E-state index is 0.0441. The number of nitrogens with one attached hydrogen (secondary N) is 1. The summed E-state index contributed by atoms with van der Waals surface area (Å²) >= 11 is 17.5. The highest BCUT2D eigenvalue weighted by molar-refractivity contribution is 7.92. The van der Waals surface area contributed by atoms with E-state index in [-0.39, 0.29) is 25.7 Å². The number of sulfonamides is 1. The molecule has 108 valence electrons. The van der Waals surface area contributed by atoms with E-state index < -0.39 is 10.0 Å². The largest absolute Gasteiger partial charge is 0.278 e. The summed E-state index contributed by atoms with van der Waals surface area (Å²) in [6.45, 7) is 0. The van der Waals surface area contributed by atoms with E-state index in [2.05, 4.69) is 4.72 Å². The predicted molar refractivity (Wildman–Crippen MR) is 83.4 cm³/mol. The Morgan fingerprint density at radius 3 is 2.24 bits per heavy atom. The molecule has 0 bridgehead atoms. The molecule has 1 N–H and O–H groups in total. The molecule has 0 radical (unpaired) electrons. The van der Waals surface area contributed by atoms with Crippen LogP contribution in [0, 0.1) is 11.3 Å². The first kappa shape index (κ1) is 15.9. The molecular weight excluding hydrogens is 355 g/mol. The summed E-state index contributed by atoms with van der Waals surface area (Å²) in [6, 6.07) is 10.1. The maximum absolute atomic E-state index is 12.2. The van der Waals surface area contributed by atoms with E-state index in [1.165, 1.54) is 36.4 Å². The Kier molecular flexibility index (Phi) is 4.64. The zero-order valence-corrected chi connectivity index (χ0v) is 13.4. The molecule has 0 spiro atoms. The highest BCUT2D eigenvalue weighted by Gasteiger charge is 2.17. The van der Waals surface area contributed by atoms with E-state index in [1.54, 1.807) is 0 Å². The molecule has 0 fully saturated rings. The average molecular weight is 362 g/mol. The van der Waals surface area contributed by atoms with Crippen molar-refractivity contribution in [2.75, 3.05) is 4.72 Å². The Labute approximate surface area is 136 Å². The first-order valence-electron chi connectivity index (χ1n) is 5.51. The van der Waals surface area contributed by atoms with Crippen LogP contribution in [0.3, 0.4) is 0 Å². The van der Waals surface area contributed by atoms with Gasteiger partial charge in [-0.15, -0.1) is 0 Å². The summed E-state index contributed by atoms with van der Waals surface area (Å²) in [5.74, 6) is 0. The number of nitrogens with zero attached hydrogens (tertiary/aromatic N) is 1. The molecule has 0 aliphatic carbocycles. The Morgan fingerprint density at radius 1 is 0.952 bits per heavy atom. The fourth-order valence-corrected chi connectivity index (χ4v) is 3.27. The van der Waals surface area contributed by atoms with E-state index in [0.29, 0.717) is 5.56 Å². The molecule has 0 unspecified atom stereocenters. The van der Waals surface area contributed by atoms with Gasteiger partial charge in [-0.05, 0) is 36.4 Å². The van der Waals surface area contributed by atoms with E-state index in [4.69, 9.17) is 40.1 Å². The van der Waals surface area contributed by atoms with Gasteiger partial charge in [0.2, 0.25) is 0 Å². The summed E-state index contributed by atoms with van der Waals surface area (Å²) in [7, 11) is -3.86. The second-order valence-corrected chi connectivity index (χ2v) is 6.89. The third-order valence-corrected chi connectivity index (χ3v) is 4.96. The highest BCUT2D eigenvalue weighted by atomic mass is 35.5. The highest BCUT2D eigenvalue weighted by Crippen LogP contribution is 2.28. The molecule has 0 saturated carbocycles. The van der Waals surface area contributed by atoms with E-state index in [0.717, 1.165) is 0 Å². The molecule has 2 aromatic rings. The van der Waals surface area contributed by atoms with Crippen molar-refractivity contribution >= 4 is 50.5 Å². The minimum atomic E-state index is -3.86. The lowest BCUT2D eigenvalue weighted by atomic mass is 10.2. The molecule has 2 rings (SSSR count). The van der Waals surface area contributed by atoms with Gasteiger partial charge < -0.3 is 0 Å². The quantitative estimate of drug-likeness (QED) is 0.885. The summed E-state index contributed by atoms with van der Waals surface area (Å²) in [6.07, 6.45) is 0. The van der Waals surface area contributed by atoms with Crippen LogP contribution in [0.5, 0.6) is 0 Å². The molecule has 0 amide bonds. The van der Waals surface area contributed by atoms with Crippen LogP contribution in [-0.2, 0) is 10.0 Å². The lowest BCUT2D eigenvalue weighted by molar-refractivity contribution is 0.601. The number of hydrogen-bond donors (Lipinski definition) is 1. The van der Waals surface area contributed by atoms with Crippen LogP contribution in [0.15, 0.2) is 41.3 Å². The van der Waals surface area contributed by atoms with Crippen molar-refractivity contribution in [1.29, 1.82) is 5.26 Å². The van der Waals surface area contributed by atoms with Gasteiger partial charge in [-0.3, -0.25) is 4.72 Å². The minimum Gasteiger partial charge on any atom is -0.278 e. The smallest absolute Gasteiger partial charge is 0.261 e. The molecule has 8 heteroatoms. The molecule has 4 nitrogen and oxygen atoms in total. The first-order chi connectivity index (χ1) is 9.83. The van der Waals surface area contributed by atoms with E-state index >= 15 is 0 Å². The number of anilines is 1. The topological polar surface area (TPSA) is 70.0 Å².